The van der Waals surface area contributed by atoms with Crippen LogP contribution in [0.5, 0.6) is 0 Å². The summed E-state index contributed by atoms with van der Waals surface area (Å²) in [5.74, 6) is -1.01. The Labute approximate surface area is 206 Å². The third-order valence-corrected chi connectivity index (χ3v) is 6.72. The predicted molar refractivity (Wildman–Crippen MR) is 135 cm³/mol. The zero-order valence-electron chi connectivity index (χ0n) is 19.5. The summed E-state index contributed by atoms with van der Waals surface area (Å²) in [6, 6.07) is 13.2. The molecule has 1 aliphatic heterocycles. The van der Waals surface area contributed by atoms with Crippen LogP contribution in [0.25, 0.3) is 21.6 Å². The van der Waals surface area contributed by atoms with E-state index in [2.05, 4.69) is 20.3 Å². The lowest BCUT2D eigenvalue weighted by Gasteiger charge is -2.28. The van der Waals surface area contributed by atoms with E-state index in [1.807, 2.05) is 48.7 Å². The molecule has 35 heavy (non-hydrogen) atoms. The highest BCUT2D eigenvalue weighted by Crippen LogP contribution is 2.29. The molecule has 1 fully saturated rings. The number of nitrogens with zero attached hydrogens (tertiary/aromatic N) is 4. The van der Waals surface area contributed by atoms with E-state index in [1.165, 1.54) is 11.3 Å². The second-order valence-corrected chi connectivity index (χ2v) is 9.16. The Kier molecular flexibility index (Phi) is 6.47. The molecule has 180 valence electrons. The number of carbonyl (C=O) groups is 2. The molecule has 0 saturated carbocycles. The lowest BCUT2D eigenvalue weighted by molar-refractivity contribution is -0.119. The largest absolute Gasteiger partial charge is 0.452 e. The summed E-state index contributed by atoms with van der Waals surface area (Å²) in [5, 5.41) is 9.76. The molecule has 0 radical (unpaired) electrons. The highest BCUT2D eigenvalue weighted by Gasteiger charge is 2.21. The number of aromatic nitrogens is 3. The number of hydrogen-bond acceptors (Lipinski definition) is 8. The first-order valence-corrected chi connectivity index (χ1v) is 12.2. The third-order valence-electron chi connectivity index (χ3n) is 5.82. The molecular formula is C25H25N5O4S. The first-order chi connectivity index (χ1) is 17.0. The molecule has 5 rings (SSSR count). The maximum Gasteiger partial charge on any atom is 0.339 e. The lowest BCUT2D eigenvalue weighted by Crippen LogP contribution is -2.36. The van der Waals surface area contributed by atoms with Crippen LogP contribution in [0.4, 0.5) is 11.4 Å². The van der Waals surface area contributed by atoms with Gasteiger partial charge in [0, 0.05) is 31.5 Å². The number of fused-ring (bicyclic) bond motifs is 1. The molecule has 0 bridgehead atoms. The van der Waals surface area contributed by atoms with E-state index in [4.69, 9.17) is 9.47 Å². The van der Waals surface area contributed by atoms with Crippen LogP contribution in [0, 0.1) is 6.92 Å². The molecule has 10 heteroatoms. The van der Waals surface area contributed by atoms with Crippen LogP contribution in [-0.2, 0) is 21.3 Å². The van der Waals surface area contributed by atoms with Crippen molar-refractivity contribution in [2.24, 2.45) is 7.05 Å². The third kappa shape index (κ3) is 4.89. The highest BCUT2D eigenvalue weighted by atomic mass is 32.1. The van der Waals surface area contributed by atoms with Gasteiger partial charge in [0.2, 0.25) is 0 Å². The molecule has 0 atom stereocenters. The monoisotopic (exact) mass is 491 g/mol. The summed E-state index contributed by atoms with van der Waals surface area (Å²) < 4.78 is 12.4. The highest BCUT2D eigenvalue weighted by molar-refractivity contribution is 7.13. The van der Waals surface area contributed by atoms with Gasteiger partial charge in [-0.1, -0.05) is 6.07 Å². The van der Waals surface area contributed by atoms with Crippen LogP contribution >= 0.6 is 11.3 Å². The number of esters is 1. The topological polar surface area (TPSA) is 98.6 Å². The van der Waals surface area contributed by atoms with E-state index in [1.54, 1.807) is 17.8 Å². The zero-order chi connectivity index (χ0) is 24.4. The van der Waals surface area contributed by atoms with Crippen LogP contribution in [-0.4, -0.2) is 59.6 Å². The average molecular weight is 492 g/mol. The van der Waals surface area contributed by atoms with E-state index in [-0.39, 0.29) is 0 Å². The molecular weight excluding hydrogens is 466 g/mol. The van der Waals surface area contributed by atoms with E-state index >= 15 is 0 Å². The Balaban J connectivity index is 1.27. The number of rotatable bonds is 6. The number of pyridine rings is 1. The molecule has 3 aromatic heterocycles. The van der Waals surface area contributed by atoms with Gasteiger partial charge in [0.15, 0.2) is 12.3 Å². The Morgan fingerprint density at radius 1 is 1.17 bits per heavy atom. The Hall–Kier alpha value is -3.76. The van der Waals surface area contributed by atoms with Gasteiger partial charge in [-0.05, 0) is 48.7 Å². The zero-order valence-corrected chi connectivity index (χ0v) is 20.3. The fourth-order valence-corrected chi connectivity index (χ4v) is 4.83. The van der Waals surface area contributed by atoms with Crippen LogP contribution in [0.1, 0.15) is 16.1 Å². The molecule has 1 aromatic carbocycles. The number of morpholine rings is 1. The fraction of sp³-hybridized carbons (Fsp3) is 0.280. The number of ether oxygens (including phenoxy) is 2. The van der Waals surface area contributed by atoms with Crippen molar-refractivity contribution < 1.29 is 19.1 Å². The molecule has 1 N–H and O–H groups in total. The second kappa shape index (κ2) is 9.85. The van der Waals surface area contributed by atoms with Gasteiger partial charge >= 0.3 is 5.97 Å². The van der Waals surface area contributed by atoms with Crippen LogP contribution in [0.15, 0.2) is 47.8 Å². The van der Waals surface area contributed by atoms with Gasteiger partial charge in [-0.3, -0.25) is 9.48 Å². The van der Waals surface area contributed by atoms with E-state index in [0.29, 0.717) is 46.9 Å². The quantitative estimate of drug-likeness (QED) is 0.411. The first kappa shape index (κ1) is 23.0. The van der Waals surface area contributed by atoms with Gasteiger partial charge in [-0.2, -0.15) is 5.10 Å². The van der Waals surface area contributed by atoms with Gasteiger partial charge in [0.05, 0.1) is 40.4 Å². The van der Waals surface area contributed by atoms with Gasteiger partial charge in [-0.25, -0.2) is 9.78 Å². The van der Waals surface area contributed by atoms with Crippen molar-refractivity contribution in [3.63, 3.8) is 0 Å². The van der Waals surface area contributed by atoms with E-state index in [0.717, 1.165) is 23.7 Å². The summed E-state index contributed by atoms with van der Waals surface area (Å²) in [7, 11) is 1.79. The summed E-state index contributed by atoms with van der Waals surface area (Å²) >= 11 is 1.53. The van der Waals surface area contributed by atoms with Gasteiger partial charge in [0.25, 0.3) is 5.91 Å². The minimum Gasteiger partial charge on any atom is -0.452 e. The summed E-state index contributed by atoms with van der Waals surface area (Å²) in [6.07, 6.45) is 0. The van der Waals surface area contributed by atoms with Crippen molar-refractivity contribution in [2.45, 2.75) is 6.92 Å². The number of amides is 1. The minimum atomic E-state index is -0.593. The Bertz CT molecular complexity index is 1360. The molecule has 9 nitrogen and oxygen atoms in total. The van der Waals surface area contributed by atoms with Gasteiger partial charge < -0.3 is 19.7 Å². The van der Waals surface area contributed by atoms with Gasteiger partial charge in [-0.15, -0.1) is 11.3 Å². The smallest absolute Gasteiger partial charge is 0.339 e. The standard InChI is InChI=1S/C25H25N5O4S/c1-16-23-19(14-20(21-4-3-13-35-21)27-24(23)29(2)28-16)25(32)34-15-22(31)26-17-5-7-18(8-6-17)30-9-11-33-12-10-30/h3-8,13-14H,9-12,15H2,1-2H3,(H,26,31). The van der Waals surface area contributed by atoms with Crippen molar-refractivity contribution in [1.29, 1.82) is 0 Å². The van der Waals surface area contributed by atoms with Crippen molar-refractivity contribution in [3.05, 3.63) is 59.1 Å². The number of anilines is 2. The first-order valence-electron chi connectivity index (χ1n) is 11.3. The number of benzene rings is 1. The summed E-state index contributed by atoms with van der Waals surface area (Å²) in [4.78, 5) is 33.4. The average Bonchev–Trinajstić information content (AvgIpc) is 3.51. The van der Waals surface area contributed by atoms with Crippen molar-refractivity contribution >= 4 is 45.6 Å². The number of hydrogen-bond donors (Lipinski definition) is 1. The number of thiophene rings is 1. The van der Waals surface area contributed by atoms with Crippen LogP contribution in [0.2, 0.25) is 0 Å². The molecule has 1 aliphatic rings. The lowest BCUT2D eigenvalue weighted by atomic mass is 10.1. The van der Waals surface area contributed by atoms with Crippen molar-refractivity contribution in [1.82, 2.24) is 14.8 Å². The Morgan fingerprint density at radius 2 is 1.94 bits per heavy atom. The predicted octanol–water partition coefficient (Wildman–Crippen LogP) is 3.64. The van der Waals surface area contributed by atoms with Crippen molar-refractivity contribution in [2.75, 3.05) is 43.1 Å². The minimum absolute atomic E-state index is 0.340. The summed E-state index contributed by atoms with van der Waals surface area (Å²) in [5.41, 5.74) is 3.97. The maximum atomic E-state index is 13.0. The molecule has 0 aliphatic carbocycles. The second-order valence-electron chi connectivity index (χ2n) is 8.21. The number of carbonyl (C=O) groups excluding carboxylic acids is 2. The van der Waals surface area contributed by atoms with Crippen LogP contribution in [0.3, 0.4) is 0 Å². The number of aryl methyl sites for hydroxylation is 2. The van der Waals surface area contributed by atoms with Crippen LogP contribution < -0.4 is 10.2 Å². The van der Waals surface area contributed by atoms with Gasteiger partial charge in [0.1, 0.15) is 0 Å². The SMILES string of the molecule is Cc1nn(C)c2nc(-c3cccs3)cc(C(=O)OCC(=O)Nc3ccc(N4CCOCC4)cc3)c12. The normalized spacial score (nSPS) is 13.7. The molecule has 0 spiro atoms. The van der Waals surface area contributed by atoms with Crippen molar-refractivity contribution in [3.8, 4) is 10.6 Å². The fourth-order valence-electron chi connectivity index (χ4n) is 4.14. The molecule has 1 amide bonds. The molecule has 4 heterocycles. The Morgan fingerprint density at radius 3 is 2.66 bits per heavy atom. The molecule has 1 saturated heterocycles. The maximum absolute atomic E-state index is 13.0. The van der Waals surface area contributed by atoms with E-state index in [9.17, 15) is 9.59 Å². The summed E-state index contributed by atoms with van der Waals surface area (Å²) in [6.45, 7) is 4.52. The van der Waals surface area contributed by atoms with E-state index < -0.39 is 18.5 Å². The molecule has 0 unspecified atom stereocenters. The number of nitrogens with one attached hydrogen (secondary N) is 1. The molecule has 4 aromatic rings.